The third kappa shape index (κ3) is 50.9. The molecule has 2 unspecified atom stereocenters. The van der Waals surface area contributed by atoms with E-state index in [0.29, 0.717) is 17.4 Å². The Hall–Kier alpha value is -2.75. The Kier molecular flexibility index (Phi) is 47.6. The van der Waals surface area contributed by atoms with Gasteiger partial charge in [0.05, 0.1) is 40.3 Å². The molecular formula is C58H105NO8. The third-order valence-corrected chi connectivity index (χ3v) is 12.0. The van der Waals surface area contributed by atoms with Gasteiger partial charge in [-0.15, -0.1) is 0 Å². The number of likely N-dealkylation sites (N-methyl/N-ethyl adjacent to an activating group) is 1. The number of nitrogens with zero attached hydrogens (tertiary/aromatic N) is 1. The summed E-state index contributed by atoms with van der Waals surface area (Å²) in [6.07, 6.45) is 57.2. The fourth-order valence-electron chi connectivity index (χ4n) is 7.71. The Morgan fingerprint density at radius 2 is 0.806 bits per heavy atom. The molecule has 0 aromatic rings. The fraction of sp³-hybridized carbons (Fsp3) is 0.810. The van der Waals surface area contributed by atoms with E-state index >= 15 is 0 Å². The summed E-state index contributed by atoms with van der Waals surface area (Å²) in [7, 11) is 5.92. The van der Waals surface area contributed by atoms with Gasteiger partial charge in [0.2, 0.25) is 0 Å². The van der Waals surface area contributed by atoms with Crippen molar-refractivity contribution in [3.8, 4) is 0 Å². The van der Waals surface area contributed by atoms with Crippen LogP contribution in [0.15, 0.2) is 48.6 Å². The standard InChI is InChI=1S/C58H105NO8/c1-6-8-10-12-14-16-18-20-22-23-24-25-26-27-28-29-30-31-32-33-35-37-39-41-43-45-47-49-56(61)67-54(53-66-58(57(62)63)64-51-50-59(3,4)5)52-65-55(60)48-46-44-42-40-38-36-34-21-19-17-15-13-11-9-7-2/h18,20-21,23-24,26-27,34,54,58H,6-17,19,22,25,28-33,35-53H2,1-5H3/b20-18-,24-23-,27-26-,34-21-. The van der Waals surface area contributed by atoms with Gasteiger partial charge >= 0.3 is 11.9 Å². The van der Waals surface area contributed by atoms with Crippen molar-refractivity contribution in [1.82, 2.24) is 0 Å². The number of carbonyl (C=O) groups is 3. The first-order chi connectivity index (χ1) is 32.6. The van der Waals surface area contributed by atoms with E-state index in [0.717, 1.165) is 70.6 Å². The van der Waals surface area contributed by atoms with Crippen LogP contribution in [-0.2, 0) is 33.3 Å². The molecular weight excluding hydrogens is 839 g/mol. The Bertz CT molecular complexity index is 1240. The van der Waals surface area contributed by atoms with Gasteiger partial charge in [0.1, 0.15) is 13.2 Å². The lowest BCUT2D eigenvalue weighted by molar-refractivity contribution is -0.870. The summed E-state index contributed by atoms with van der Waals surface area (Å²) >= 11 is 0. The first kappa shape index (κ1) is 64.2. The minimum absolute atomic E-state index is 0.146. The molecule has 0 radical (unpaired) electrons. The van der Waals surface area contributed by atoms with E-state index in [-0.39, 0.29) is 38.6 Å². The molecule has 0 saturated heterocycles. The van der Waals surface area contributed by atoms with Gasteiger partial charge in [-0.3, -0.25) is 9.59 Å². The van der Waals surface area contributed by atoms with Crippen LogP contribution < -0.4 is 5.11 Å². The lowest BCUT2D eigenvalue weighted by atomic mass is 10.0. The van der Waals surface area contributed by atoms with Gasteiger partial charge in [0, 0.05) is 12.8 Å². The van der Waals surface area contributed by atoms with Crippen LogP contribution in [0.25, 0.3) is 0 Å². The van der Waals surface area contributed by atoms with E-state index in [2.05, 4.69) is 62.5 Å². The van der Waals surface area contributed by atoms with E-state index in [9.17, 15) is 19.5 Å². The van der Waals surface area contributed by atoms with E-state index in [1.54, 1.807) is 0 Å². The van der Waals surface area contributed by atoms with Gasteiger partial charge in [-0.05, 0) is 77.0 Å². The number of carboxylic acid groups (broad SMARTS) is 1. The van der Waals surface area contributed by atoms with E-state index in [1.807, 2.05) is 21.1 Å². The highest BCUT2D eigenvalue weighted by Crippen LogP contribution is 2.15. The second kappa shape index (κ2) is 49.7. The number of allylic oxidation sites excluding steroid dienone is 8. The average molecular weight is 944 g/mol. The summed E-state index contributed by atoms with van der Waals surface area (Å²) in [5.41, 5.74) is 0. The van der Waals surface area contributed by atoms with Gasteiger partial charge in [-0.25, -0.2) is 0 Å². The number of rotatable bonds is 51. The fourth-order valence-corrected chi connectivity index (χ4v) is 7.71. The topological polar surface area (TPSA) is 111 Å². The molecule has 0 aliphatic carbocycles. The summed E-state index contributed by atoms with van der Waals surface area (Å²) in [5, 5.41) is 11.7. The monoisotopic (exact) mass is 944 g/mol. The molecule has 0 N–H and O–H groups in total. The zero-order valence-electron chi connectivity index (χ0n) is 44.3. The van der Waals surface area contributed by atoms with Crippen molar-refractivity contribution in [2.45, 2.75) is 257 Å². The highest BCUT2D eigenvalue weighted by atomic mass is 16.7. The lowest BCUT2D eigenvalue weighted by Gasteiger charge is -2.26. The first-order valence-electron chi connectivity index (χ1n) is 27.8. The summed E-state index contributed by atoms with van der Waals surface area (Å²) in [6.45, 7) is 4.73. The molecule has 0 saturated carbocycles. The molecule has 0 spiro atoms. The van der Waals surface area contributed by atoms with Crippen LogP contribution >= 0.6 is 0 Å². The first-order valence-corrected chi connectivity index (χ1v) is 27.8. The number of hydrogen-bond donors (Lipinski definition) is 0. The normalized spacial score (nSPS) is 13.1. The Morgan fingerprint density at radius 1 is 0.448 bits per heavy atom. The molecule has 0 aromatic heterocycles. The van der Waals surface area contributed by atoms with Crippen molar-refractivity contribution in [1.29, 1.82) is 0 Å². The number of aliphatic carboxylic acids is 1. The van der Waals surface area contributed by atoms with Crippen LogP contribution in [0.3, 0.4) is 0 Å². The maximum absolute atomic E-state index is 12.8. The molecule has 0 aliphatic rings. The lowest BCUT2D eigenvalue weighted by Crippen LogP contribution is -2.44. The smallest absolute Gasteiger partial charge is 0.306 e. The van der Waals surface area contributed by atoms with Crippen LogP contribution in [0.4, 0.5) is 0 Å². The molecule has 67 heavy (non-hydrogen) atoms. The maximum Gasteiger partial charge on any atom is 0.306 e. The van der Waals surface area contributed by atoms with Crippen molar-refractivity contribution in [3.05, 3.63) is 48.6 Å². The van der Waals surface area contributed by atoms with Gasteiger partial charge in [0.25, 0.3) is 0 Å². The van der Waals surface area contributed by atoms with Crippen LogP contribution in [0.5, 0.6) is 0 Å². The summed E-state index contributed by atoms with van der Waals surface area (Å²) in [4.78, 5) is 37.2. The minimum atomic E-state index is -1.62. The third-order valence-electron chi connectivity index (χ3n) is 12.0. The summed E-state index contributed by atoms with van der Waals surface area (Å²) in [5.74, 6) is -2.29. The average Bonchev–Trinajstić information content (AvgIpc) is 3.29. The number of quaternary nitrogens is 1. The largest absolute Gasteiger partial charge is 0.545 e. The molecule has 0 heterocycles. The van der Waals surface area contributed by atoms with Crippen molar-refractivity contribution in [3.63, 3.8) is 0 Å². The number of ether oxygens (including phenoxy) is 4. The van der Waals surface area contributed by atoms with Crippen molar-refractivity contribution in [2.24, 2.45) is 0 Å². The van der Waals surface area contributed by atoms with Gasteiger partial charge in [0.15, 0.2) is 12.4 Å². The molecule has 9 heteroatoms. The van der Waals surface area contributed by atoms with Crippen LogP contribution in [0.1, 0.15) is 245 Å². The van der Waals surface area contributed by atoms with Crippen molar-refractivity contribution < 1.29 is 42.9 Å². The Morgan fingerprint density at radius 3 is 1.21 bits per heavy atom. The van der Waals surface area contributed by atoms with Crippen LogP contribution in [0.2, 0.25) is 0 Å². The van der Waals surface area contributed by atoms with Gasteiger partial charge in [-0.2, -0.15) is 0 Å². The van der Waals surface area contributed by atoms with Crippen LogP contribution in [-0.4, -0.2) is 82.3 Å². The molecule has 0 bridgehead atoms. The van der Waals surface area contributed by atoms with E-state index in [4.69, 9.17) is 18.9 Å². The molecule has 0 rings (SSSR count). The van der Waals surface area contributed by atoms with Gasteiger partial charge < -0.3 is 33.3 Å². The van der Waals surface area contributed by atoms with Crippen molar-refractivity contribution >= 4 is 17.9 Å². The van der Waals surface area contributed by atoms with Crippen LogP contribution in [0, 0.1) is 0 Å². The minimum Gasteiger partial charge on any atom is -0.545 e. The zero-order chi connectivity index (χ0) is 49.2. The molecule has 2 atom stereocenters. The van der Waals surface area contributed by atoms with Crippen molar-refractivity contribution in [2.75, 3.05) is 47.5 Å². The Labute approximate surface area is 412 Å². The number of unbranched alkanes of at least 4 members (excludes halogenated alkanes) is 28. The molecule has 0 amide bonds. The summed E-state index contributed by atoms with van der Waals surface area (Å²) in [6, 6.07) is 0. The zero-order valence-corrected chi connectivity index (χ0v) is 44.3. The molecule has 0 aromatic carbocycles. The maximum atomic E-state index is 12.8. The molecule has 9 nitrogen and oxygen atoms in total. The predicted molar refractivity (Wildman–Crippen MR) is 279 cm³/mol. The van der Waals surface area contributed by atoms with E-state index in [1.165, 1.54) is 141 Å². The molecule has 0 fully saturated rings. The number of esters is 2. The SMILES string of the molecule is CCCCCCC/C=C\C/C=C\C/C=C\CCCCCCCCCCCCCCC(=O)OC(COC(=O)CCCCCCC/C=C\CCCCCCCC)COC(OCC[N+](C)(C)C)C(=O)[O-]. The molecule has 390 valence electrons. The quantitative estimate of drug-likeness (QED) is 0.0195. The van der Waals surface area contributed by atoms with E-state index < -0.39 is 24.3 Å². The highest BCUT2D eigenvalue weighted by molar-refractivity contribution is 5.70. The number of carboxylic acids is 1. The number of hydrogen-bond acceptors (Lipinski definition) is 8. The summed E-state index contributed by atoms with van der Waals surface area (Å²) < 4.78 is 22.7. The second-order valence-corrected chi connectivity index (χ2v) is 19.9. The Balaban J connectivity index is 4.24. The number of carbonyl (C=O) groups excluding carboxylic acids is 3. The predicted octanol–water partition coefficient (Wildman–Crippen LogP) is 14.6. The molecule has 0 aliphatic heterocycles. The van der Waals surface area contributed by atoms with Gasteiger partial charge in [-0.1, -0.05) is 204 Å². The second-order valence-electron chi connectivity index (χ2n) is 19.9. The highest BCUT2D eigenvalue weighted by Gasteiger charge is 2.22.